The van der Waals surface area contributed by atoms with Crippen molar-refractivity contribution in [3.05, 3.63) is 54.1 Å². The van der Waals surface area contributed by atoms with Crippen LogP contribution in [0.15, 0.2) is 47.9 Å². The van der Waals surface area contributed by atoms with Gasteiger partial charge in [0, 0.05) is 29.8 Å². The van der Waals surface area contributed by atoms with Gasteiger partial charge in [0.1, 0.15) is 5.65 Å². The number of rotatable bonds is 5. The third-order valence-corrected chi connectivity index (χ3v) is 7.91. The molecule has 0 spiro atoms. The average Bonchev–Trinajstić information content (AvgIpc) is 3.15. The van der Waals surface area contributed by atoms with E-state index in [1.807, 2.05) is 13.8 Å². The van der Waals surface area contributed by atoms with Gasteiger partial charge in [0.2, 0.25) is 0 Å². The molecule has 1 aliphatic carbocycles. The first-order chi connectivity index (χ1) is 14.4. The Hall–Kier alpha value is -2.74. The molecule has 0 aromatic carbocycles. The number of fused-ring (bicyclic) bond motifs is 1. The number of nitrogens with zero attached hydrogens (tertiary/aromatic N) is 3. The zero-order chi connectivity index (χ0) is 21.3. The molecule has 0 saturated heterocycles. The predicted molar refractivity (Wildman–Crippen MR) is 116 cm³/mol. The summed E-state index contributed by atoms with van der Waals surface area (Å²) in [5.41, 5.74) is 2.09. The number of amides is 1. The third-order valence-electron chi connectivity index (χ3n) is 5.62. The SMILES string of the molecule is CC(C)c1nc2cc(C(=O)Nc3ccncc3)ccn2c1S(=O)(=O)C1CCCCC1. The van der Waals surface area contributed by atoms with Crippen LogP contribution in [0.25, 0.3) is 5.65 Å². The van der Waals surface area contributed by atoms with E-state index in [0.717, 1.165) is 19.3 Å². The van der Waals surface area contributed by atoms with Crippen LogP contribution < -0.4 is 5.32 Å². The number of imidazole rings is 1. The second-order valence-electron chi connectivity index (χ2n) is 8.10. The molecular formula is C22H26N4O3S. The minimum atomic E-state index is -3.51. The van der Waals surface area contributed by atoms with Crippen molar-refractivity contribution < 1.29 is 13.2 Å². The van der Waals surface area contributed by atoms with Crippen LogP contribution in [0, 0.1) is 0 Å². The van der Waals surface area contributed by atoms with Crippen molar-refractivity contribution in [1.82, 2.24) is 14.4 Å². The fourth-order valence-electron chi connectivity index (χ4n) is 4.01. The van der Waals surface area contributed by atoms with Crippen molar-refractivity contribution in [2.24, 2.45) is 0 Å². The predicted octanol–water partition coefficient (Wildman–Crippen LogP) is 4.21. The molecule has 30 heavy (non-hydrogen) atoms. The van der Waals surface area contributed by atoms with Crippen LogP contribution in [0.4, 0.5) is 5.69 Å². The number of pyridine rings is 2. The number of nitrogens with one attached hydrogen (secondary N) is 1. The molecule has 1 saturated carbocycles. The van der Waals surface area contributed by atoms with Gasteiger partial charge in [-0.3, -0.25) is 14.2 Å². The molecule has 3 aromatic rings. The van der Waals surface area contributed by atoms with E-state index in [9.17, 15) is 13.2 Å². The Morgan fingerprint density at radius 3 is 2.50 bits per heavy atom. The summed E-state index contributed by atoms with van der Waals surface area (Å²) in [6.07, 6.45) is 9.21. The first-order valence-corrected chi connectivity index (χ1v) is 11.9. The lowest BCUT2D eigenvalue weighted by molar-refractivity contribution is 0.102. The van der Waals surface area contributed by atoms with Crippen LogP contribution in [-0.2, 0) is 9.84 Å². The second-order valence-corrected chi connectivity index (χ2v) is 10.2. The van der Waals surface area contributed by atoms with E-state index in [1.54, 1.807) is 47.3 Å². The van der Waals surface area contributed by atoms with Crippen LogP contribution in [0.2, 0.25) is 0 Å². The van der Waals surface area contributed by atoms with Gasteiger partial charge in [-0.2, -0.15) is 0 Å². The number of aromatic nitrogens is 3. The van der Waals surface area contributed by atoms with Gasteiger partial charge in [-0.25, -0.2) is 13.4 Å². The summed E-state index contributed by atoms with van der Waals surface area (Å²) in [6, 6.07) is 6.69. The molecule has 0 atom stereocenters. The van der Waals surface area contributed by atoms with Crippen molar-refractivity contribution in [3.8, 4) is 0 Å². The smallest absolute Gasteiger partial charge is 0.255 e. The Balaban J connectivity index is 1.74. The molecule has 0 unspecified atom stereocenters. The van der Waals surface area contributed by atoms with Crippen LogP contribution in [-0.4, -0.2) is 33.9 Å². The molecular weight excluding hydrogens is 400 g/mol. The quantitative estimate of drug-likeness (QED) is 0.660. The highest BCUT2D eigenvalue weighted by Gasteiger charge is 2.35. The van der Waals surface area contributed by atoms with Crippen LogP contribution in [0.5, 0.6) is 0 Å². The van der Waals surface area contributed by atoms with E-state index in [-0.39, 0.29) is 22.1 Å². The van der Waals surface area contributed by atoms with E-state index in [4.69, 9.17) is 0 Å². The summed E-state index contributed by atoms with van der Waals surface area (Å²) in [7, 11) is -3.51. The lowest BCUT2D eigenvalue weighted by atomic mass is 10.0. The first-order valence-electron chi connectivity index (χ1n) is 10.3. The highest BCUT2D eigenvalue weighted by Crippen LogP contribution is 2.33. The molecule has 0 aliphatic heterocycles. The fourth-order valence-corrected chi connectivity index (χ4v) is 6.28. The number of carbonyl (C=O) groups is 1. The Kier molecular flexibility index (Phi) is 5.60. The normalized spacial score (nSPS) is 15.6. The van der Waals surface area contributed by atoms with Crippen LogP contribution >= 0.6 is 0 Å². The van der Waals surface area contributed by atoms with Crippen LogP contribution in [0.1, 0.15) is 67.9 Å². The van der Waals surface area contributed by atoms with E-state index in [1.165, 1.54) is 0 Å². The van der Waals surface area contributed by atoms with Crippen molar-refractivity contribution in [1.29, 1.82) is 0 Å². The van der Waals surface area contributed by atoms with Gasteiger partial charge >= 0.3 is 0 Å². The lowest BCUT2D eigenvalue weighted by Gasteiger charge is -2.22. The molecule has 158 valence electrons. The minimum Gasteiger partial charge on any atom is -0.322 e. The van der Waals surface area contributed by atoms with Crippen molar-refractivity contribution in [3.63, 3.8) is 0 Å². The van der Waals surface area contributed by atoms with E-state index < -0.39 is 9.84 Å². The largest absolute Gasteiger partial charge is 0.322 e. The molecule has 1 N–H and O–H groups in total. The summed E-state index contributed by atoms with van der Waals surface area (Å²) >= 11 is 0. The molecule has 8 heteroatoms. The van der Waals surface area contributed by atoms with Gasteiger partial charge in [0.05, 0.1) is 10.9 Å². The highest BCUT2D eigenvalue weighted by atomic mass is 32.2. The van der Waals surface area contributed by atoms with Crippen molar-refractivity contribution in [2.75, 3.05) is 5.32 Å². The molecule has 1 aliphatic rings. The Bertz CT molecular complexity index is 1160. The zero-order valence-electron chi connectivity index (χ0n) is 17.2. The van der Waals surface area contributed by atoms with Crippen molar-refractivity contribution >= 4 is 27.1 Å². The van der Waals surface area contributed by atoms with Gasteiger partial charge in [0.15, 0.2) is 14.9 Å². The number of carbonyl (C=O) groups excluding carboxylic acids is 1. The standard InChI is InChI=1S/C22H26N4O3S/c1-15(2)20-22(30(28,29)18-6-4-3-5-7-18)26-13-10-16(14-19(26)25-20)21(27)24-17-8-11-23-12-9-17/h8-15,18H,3-7H2,1-2H3,(H,23,24,27). The van der Waals surface area contributed by atoms with Gasteiger partial charge in [-0.05, 0) is 43.0 Å². The lowest BCUT2D eigenvalue weighted by Crippen LogP contribution is -2.26. The summed E-state index contributed by atoms with van der Waals surface area (Å²) in [5.74, 6) is -0.332. The maximum absolute atomic E-state index is 13.5. The first kappa shape index (κ1) is 20.5. The van der Waals surface area contributed by atoms with Gasteiger partial charge in [0.25, 0.3) is 5.91 Å². The molecule has 3 aromatic heterocycles. The Morgan fingerprint density at radius 1 is 1.13 bits per heavy atom. The molecule has 0 bridgehead atoms. The maximum Gasteiger partial charge on any atom is 0.255 e. The second kappa shape index (κ2) is 8.18. The van der Waals surface area contributed by atoms with Crippen molar-refractivity contribution in [2.45, 2.75) is 62.1 Å². The van der Waals surface area contributed by atoms with Gasteiger partial charge in [-0.15, -0.1) is 0 Å². The number of anilines is 1. The molecule has 0 radical (unpaired) electrons. The highest BCUT2D eigenvalue weighted by molar-refractivity contribution is 7.92. The van der Waals surface area contributed by atoms with E-state index >= 15 is 0 Å². The average molecular weight is 427 g/mol. The van der Waals surface area contributed by atoms with Gasteiger partial charge < -0.3 is 5.32 Å². The number of hydrogen-bond donors (Lipinski definition) is 1. The maximum atomic E-state index is 13.5. The zero-order valence-corrected chi connectivity index (χ0v) is 18.0. The molecule has 7 nitrogen and oxygen atoms in total. The fraction of sp³-hybridized carbons (Fsp3) is 0.409. The number of hydrogen-bond acceptors (Lipinski definition) is 5. The molecule has 1 fully saturated rings. The number of sulfone groups is 1. The monoisotopic (exact) mass is 426 g/mol. The summed E-state index contributed by atoms with van der Waals surface area (Å²) in [4.78, 5) is 21.2. The van der Waals surface area contributed by atoms with Gasteiger partial charge in [-0.1, -0.05) is 33.1 Å². The van der Waals surface area contributed by atoms with Crippen LogP contribution in [0.3, 0.4) is 0 Å². The molecule has 1 amide bonds. The summed E-state index contributed by atoms with van der Waals surface area (Å²) in [6.45, 7) is 3.89. The van der Waals surface area contributed by atoms with E-state index in [0.29, 0.717) is 35.4 Å². The minimum absolute atomic E-state index is 0.0487. The van der Waals surface area contributed by atoms with E-state index in [2.05, 4.69) is 15.3 Å². The third kappa shape index (κ3) is 3.84. The topological polar surface area (TPSA) is 93.4 Å². The molecule has 4 rings (SSSR count). The summed E-state index contributed by atoms with van der Waals surface area (Å²) < 4.78 is 28.6. The Morgan fingerprint density at radius 2 is 1.83 bits per heavy atom. The summed E-state index contributed by atoms with van der Waals surface area (Å²) in [5, 5.41) is 2.73. The molecule has 3 heterocycles. The Labute approximate surface area is 176 Å².